The molecule has 0 radical (unpaired) electrons. The first-order valence-electron chi connectivity index (χ1n) is 13.8. The Bertz CT molecular complexity index is 1110. The molecule has 0 aliphatic rings. The molecule has 2 rings (SSSR count). The number of carboxylic acids is 1. The van der Waals surface area contributed by atoms with Crippen LogP contribution < -0.4 is 16.0 Å². The number of ether oxygens (including phenoxy) is 2. The standard InChI is InChI=1S/C31H43N3O7/c1-7-31(27(36)37,34-29(39)41-30(3,4)5)20-14-15-21(2)32-26(35)25(33-28(38)40-6)24(22-16-10-8-11-17-22)23-18-12-9-13-19-23/h8-13,16-19,21,24-25H,7,14-15,20H2,1-6H3,(H,32,35)(H,33,38)(H,34,39)(H,36,37)/t21-,25-,31-/m0/s1. The fourth-order valence-electron chi connectivity index (χ4n) is 4.64. The minimum Gasteiger partial charge on any atom is -0.480 e. The van der Waals surface area contributed by atoms with E-state index >= 15 is 0 Å². The third-order valence-electron chi connectivity index (χ3n) is 6.77. The van der Waals surface area contributed by atoms with Gasteiger partial charge in [0.25, 0.3) is 0 Å². The van der Waals surface area contributed by atoms with Gasteiger partial charge in [0, 0.05) is 12.0 Å². The molecule has 0 aromatic heterocycles. The topological polar surface area (TPSA) is 143 Å². The summed E-state index contributed by atoms with van der Waals surface area (Å²) in [7, 11) is 1.24. The molecule has 10 heteroatoms. The van der Waals surface area contributed by atoms with Gasteiger partial charge in [-0.25, -0.2) is 14.4 Å². The first-order valence-corrected chi connectivity index (χ1v) is 13.8. The normalized spacial score (nSPS) is 14.2. The Morgan fingerprint density at radius 3 is 1.85 bits per heavy atom. The molecule has 0 bridgehead atoms. The van der Waals surface area contributed by atoms with Crippen LogP contribution >= 0.6 is 0 Å². The molecule has 0 saturated carbocycles. The summed E-state index contributed by atoms with van der Waals surface area (Å²) in [5.74, 6) is -2.06. The van der Waals surface area contributed by atoms with Crippen molar-refractivity contribution in [3.63, 3.8) is 0 Å². The highest BCUT2D eigenvalue weighted by Crippen LogP contribution is 2.29. The number of amides is 3. The molecule has 0 aliphatic carbocycles. The van der Waals surface area contributed by atoms with Crippen molar-refractivity contribution < 1.29 is 33.8 Å². The van der Waals surface area contributed by atoms with E-state index < -0.39 is 47.2 Å². The SMILES string of the molecule is CC[C@@](CCC[C@H](C)NC(=O)[C@@H](NC(=O)OC)C(c1ccccc1)c1ccccc1)(NC(=O)OC(C)(C)C)C(=O)O. The van der Waals surface area contributed by atoms with Gasteiger partial charge in [-0.2, -0.15) is 0 Å². The zero-order valence-electron chi connectivity index (χ0n) is 24.7. The summed E-state index contributed by atoms with van der Waals surface area (Å²) in [4.78, 5) is 50.5. The molecule has 2 aromatic carbocycles. The largest absolute Gasteiger partial charge is 0.480 e. The highest BCUT2D eigenvalue weighted by Gasteiger charge is 2.39. The number of carboxylic acid groups (broad SMARTS) is 1. The molecule has 41 heavy (non-hydrogen) atoms. The molecule has 0 heterocycles. The number of alkyl carbamates (subject to hydrolysis) is 2. The van der Waals surface area contributed by atoms with Gasteiger partial charge < -0.3 is 30.5 Å². The minimum absolute atomic E-state index is 0.138. The van der Waals surface area contributed by atoms with E-state index in [1.807, 2.05) is 67.6 Å². The third-order valence-corrected chi connectivity index (χ3v) is 6.77. The van der Waals surface area contributed by atoms with Gasteiger partial charge in [0.2, 0.25) is 5.91 Å². The summed E-state index contributed by atoms with van der Waals surface area (Å²) in [6.45, 7) is 8.60. The lowest BCUT2D eigenvalue weighted by Crippen LogP contribution is -2.55. The summed E-state index contributed by atoms with van der Waals surface area (Å²) in [6.07, 6.45) is -0.414. The Kier molecular flexibility index (Phi) is 12.2. The molecule has 0 fully saturated rings. The predicted molar refractivity (Wildman–Crippen MR) is 156 cm³/mol. The Labute approximate surface area is 242 Å². The molecule has 0 unspecified atom stereocenters. The fraction of sp³-hybridized carbons (Fsp3) is 0.484. The zero-order chi connectivity index (χ0) is 30.6. The van der Waals surface area contributed by atoms with Crippen molar-refractivity contribution in [2.24, 2.45) is 0 Å². The number of nitrogens with one attached hydrogen (secondary N) is 3. The molecule has 0 saturated heterocycles. The van der Waals surface area contributed by atoms with E-state index in [4.69, 9.17) is 9.47 Å². The van der Waals surface area contributed by atoms with Crippen molar-refractivity contribution in [3.05, 3.63) is 71.8 Å². The molecular formula is C31H43N3O7. The fourth-order valence-corrected chi connectivity index (χ4v) is 4.64. The van der Waals surface area contributed by atoms with Crippen LogP contribution in [0.3, 0.4) is 0 Å². The lowest BCUT2D eigenvalue weighted by molar-refractivity contribution is -0.145. The van der Waals surface area contributed by atoms with Gasteiger partial charge in [-0.1, -0.05) is 67.6 Å². The van der Waals surface area contributed by atoms with E-state index in [0.29, 0.717) is 12.8 Å². The van der Waals surface area contributed by atoms with Gasteiger partial charge in [-0.3, -0.25) is 4.79 Å². The summed E-state index contributed by atoms with van der Waals surface area (Å²) in [6, 6.07) is 17.5. The molecule has 0 spiro atoms. The van der Waals surface area contributed by atoms with Crippen molar-refractivity contribution in [1.82, 2.24) is 16.0 Å². The van der Waals surface area contributed by atoms with Gasteiger partial charge in [0.1, 0.15) is 17.2 Å². The van der Waals surface area contributed by atoms with Crippen LogP contribution in [-0.4, -0.2) is 59.5 Å². The second kappa shape index (κ2) is 15.1. The first kappa shape index (κ1) is 33.1. The van der Waals surface area contributed by atoms with E-state index in [0.717, 1.165) is 11.1 Å². The molecule has 10 nitrogen and oxygen atoms in total. The van der Waals surface area contributed by atoms with Gasteiger partial charge in [0.05, 0.1) is 7.11 Å². The molecule has 3 amide bonds. The number of carbonyl (C=O) groups excluding carboxylic acids is 3. The molecule has 2 aromatic rings. The second-order valence-corrected chi connectivity index (χ2v) is 11.1. The van der Waals surface area contributed by atoms with Crippen LogP contribution in [0.15, 0.2) is 60.7 Å². The maximum Gasteiger partial charge on any atom is 0.408 e. The monoisotopic (exact) mass is 569 g/mol. The van der Waals surface area contributed by atoms with E-state index in [1.54, 1.807) is 27.7 Å². The summed E-state index contributed by atoms with van der Waals surface area (Å²) in [5, 5.41) is 18.2. The van der Waals surface area contributed by atoms with Crippen LogP contribution in [0.25, 0.3) is 0 Å². The molecular weight excluding hydrogens is 526 g/mol. The minimum atomic E-state index is -1.51. The van der Waals surface area contributed by atoms with Crippen LogP contribution in [0.4, 0.5) is 9.59 Å². The van der Waals surface area contributed by atoms with Gasteiger partial charge in [-0.15, -0.1) is 0 Å². The smallest absolute Gasteiger partial charge is 0.408 e. The van der Waals surface area contributed by atoms with Crippen LogP contribution in [0, 0.1) is 0 Å². The van der Waals surface area contributed by atoms with E-state index in [1.165, 1.54) is 7.11 Å². The predicted octanol–water partition coefficient (Wildman–Crippen LogP) is 4.98. The number of carbonyl (C=O) groups is 4. The number of hydrogen-bond acceptors (Lipinski definition) is 6. The maximum absolute atomic E-state index is 13.6. The third kappa shape index (κ3) is 10.1. The van der Waals surface area contributed by atoms with Crippen molar-refractivity contribution in [2.75, 3.05) is 7.11 Å². The van der Waals surface area contributed by atoms with Crippen LogP contribution in [-0.2, 0) is 19.1 Å². The van der Waals surface area contributed by atoms with Crippen molar-refractivity contribution in [2.45, 2.75) is 89.4 Å². The second-order valence-electron chi connectivity index (χ2n) is 11.1. The Balaban J connectivity index is 2.19. The van der Waals surface area contributed by atoms with Crippen LogP contribution in [0.5, 0.6) is 0 Å². The van der Waals surface area contributed by atoms with Gasteiger partial charge >= 0.3 is 18.2 Å². The average molecular weight is 570 g/mol. The summed E-state index contributed by atoms with van der Waals surface area (Å²) in [5.41, 5.74) is -0.602. The van der Waals surface area contributed by atoms with E-state index in [2.05, 4.69) is 16.0 Å². The Hall–Kier alpha value is -4.08. The number of rotatable bonds is 13. The number of methoxy groups -OCH3 is 1. The lowest BCUT2D eigenvalue weighted by Gasteiger charge is -2.31. The van der Waals surface area contributed by atoms with Gasteiger partial charge in [0.15, 0.2) is 0 Å². The van der Waals surface area contributed by atoms with Crippen molar-refractivity contribution in [3.8, 4) is 0 Å². The first-order chi connectivity index (χ1) is 19.3. The van der Waals surface area contributed by atoms with E-state index in [-0.39, 0.29) is 18.9 Å². The van der Waals surface area contributed by atoms with Crippen molar-refractivity contribution >= 4 is 24.1 Å². The van der Waals surface area contributed by atoms with Crippen LogP contribution in [0.2, 0.25) is 0 Å². The number of hydrogen-bond donors (Lipinski definition) is 4. The maximum atomic E-state index is 13.6. The molecule has 3 atom stereocenters. The quantitative estimate of drug-likeness (QED) is 0.267. The highest BCUT2D eigenvalue weighted by atomic mass is 16.6. The number of aliphatic carboxylic acids is 1. The van der Waals surface area contributed by atoms with Crippen LogP contribution in [0.1, 0.15) is 77.3 Å². The molecule has 224 valence electrons. The zero-order valence-corrected chi connectivity index (χ0v) is 24.7. The molecule has 4 N–H and O–H groups in total. The average Bonchev–Trinajstić information content (AvgIpc) is 2.91. The van der Waals surface area contributed by atoms with Crippen molar-refractivity contribution in [1.29, 1.82) is 0 Å². The van der Waals surface area contributed by atoms with E-state index in [9.17, 15) is 24.3 Å². The number of benzene rings is 2. The molecule has 0 aliphatic heterocycles. The lowest BCUT2D eigenvalue weighted by atomic mass is 9.84. The van der Waals surface area contributed by atoms with Gasteiger partial charge in [-0.05, 0) is 64.5 Å². The summed E-state index contributed by atoms with van der Waals surface area (Å²) < 4.78 is 10.1. The Morgan fingerprint density at radius 1 is 0.878 bits per heavy atom. The Morgan fingerprint density at radius 2 is 1.41 bits per heavy atom. The highest BCUT2D eigenvalue weighted by molar-refractivity contribution is 5.87. The summed E-state index contributed by atoms with van der Waals surface area (Å²) >= 11 is 0.